The molecule has 0 aromatic carbocycles. The summed E-state index contributed by atoms with van der Waals surface area (Å²) < 4.78 is 7.14. The highest BCUT2D eigenvalue weighted by molar-refractivity contribution is 5.79. The van der Waals surface area contributed by atoms with Crippen molar-refractivity contribution in [2.24, 2.45) is 16.8 Å². The monoisotopic (exact) mass is 391 g/mol. The minimum absolute atomic E-state index is 0.319. The number of aromatic nitrogens is 3. The van der Waals surface area contributed by atoms with E-state index >= 15 is 0 Å². The molecule has 2 aliphatic rings. The van der Waals surface area contributed by atoms with E-state index in [0.29, 0.717) is 12.6 Å². The van der Waals surface area contributed by atoms with Gasteiger partial charge in [-0.15, -0.1) is 0 Å². The van der Waals surface area contributed by atoms with Crippen LogP contribution in [0.3, 0.4) is 0 Å². The first-order valence-electron chi connectivity index (χ1n) is 10.7. The molecule has 0 bridgehead atoms. The van der Waals surface area contributed by atoms with E-state index in [-0.39, 0.29) is 0 Å². The van der Waals surface area contributed by atoms with Gasteiger partial charge in [-0.25, -0.2) is 9.67 Å². The van der Waals surface area contributed by atoms with Crippen molar-refractivity contribution in [2.75, 3.05) is 40.3 Å². The SMILES string of the molecule is CN=C(NCCCN1CC(C)CC(C)C1)NC1CCc2nc(COC)nn2C1. The molecule has 3 unspecified atom stereocenters. The number of hydrogen-bond acceptors (Lipinski definition) is 5. The van der Waals surface area contributed by atoms with Crippen LogP contribution in [0.2, 0.25) is 0 Å². The predicted molar refractivity (Wildman–Crippen MR) is 111 cm³/mol. The van der Waals surface area contributed by atoms with Gasteiger partial charge in [-0.3, -0.25) is 4.99 Å². The summed E-state index contributed by atoms with van der Waals surface area (Å²) in [5.41, 5.74) is 0. The van der Waals surface area contributed by atoms with Crippen LogP contribution in [0.5, 0.6) is 0 Å². The molecule has 0 radical (unpaired) electrons. The van der Waals surface area contributed by atoms with Gasteiger partial charge < -0.3 is 20.3 Å². The third-order valence-corrected chi connectivity index (χ3v) is 5.63. The number of guanidine groups is 1. The topological polar surface area (TPSA) is 79.6 Å². The maximum atomic E-state index is 5.14. The summed E-state index contributed by atoms with van der Waals surface area (Å²) in [6.45, 7) is 10.6. The lowest BCUT2D eigenvalue weighted by atomic mass is 9.92. The highest BCUT2D eigenvalue weighted by Gasteiger charge is 2.23. The molecule has 1 aromatic rings. The summed E-state index contributed by atoms with van der Waals surface area (Å²) in [5.74, 6) is 4.35. The van der Waals surface area contributed by atoms with Crippen LogP contribution in [0.15, 0.2) is 4.99 Å². The lowest BCUT2D eigenvalue weighted by molar-refractivity contribution is 0.140. The molecule has 2 aliphatic heterocycles. The Morgan fingerprint density at radius 2 is 2.04 bits per heavy atom. The van der Waals surface area contributed by atoms with Crippen LogP contribution in [0.1, 0.15) is 44.8 Å². The number of piperidine rings is 1. The Hall–Kier alpha value is -1.67. The molecule has 8 heteroatoms. The van der Waals surface area contributed by atoms with E-state index in [0.717, 1.165) is 68.3 Å². The zero-order valence-corrected chi connectivity index (χ0v) is 17.9. The van der Waals surface area contributed by atoms with E-state index in [2.05, 4.69) is 44.5 Å². The lowest BCUT2D eigenvalue weighted by Crippen LogP contribution is -2.47. The van der Waals surface area contributed by atoms with Crippen molar-refractivity contribution in [3.05, 3.63) is 11.6 Å². The van der Waals surface area contributed by atoms with Crippen LogP contribution in [0.4, 0.5) is 0 Å². The molecule has 3 heterocycles. The van der Waals surface area contributed by atoms with Gasteiger partial charge in [0.25, 0.3) is 0 Å². The van der Waals surface area contributed by atoms with Crippen LogP contribution < -0.4 is 10.6 Å². The normalized spacial score (nSPS) is 26.1. The second-order valence-electron chi connectivity index (χ2n) is 8.50. The predicted octanol–water partition coefficient (Wildman–Crippen LogP) is 1.27. The fourth-order valence-electron chi connectivity index (χ4n) is 4.54. The molecule has 2 N–H and O–H groups in total. The number of nitrogens with one attached hydrogen (secondary N) is 2. The molecule has 3 rings (SSSR count). The molecule has 3 atom stereocenters. The minimum atomic E-state index is 0.319. The number of rotatable bonds is 7. The molecule has 0 saturated carbocycles. The Morgan fingerprint density at radius 1 is 1.25 bits per heavy atom. The van der Waals surface area contributed by atoms with Crippen molar-refractivity contribution in [3.63, 3.8) is 0 Å². The Morgan fingerprint density at radius 3 is 2.75 bits per heavy atom. The highest BCUT2D eigenvalue weighted by Crippen LogP contribution is 2.20. The van der Waals surface area contributed by atoms with Gasteiger partial charge in [-0.1, -0.05) is 13.8 Å². The quantitative estimate of drug-likeness (QED) is 0.414. The maximum Gasteiger partial charge on any atom is 0.191 e. The number of nitrogens with zero attached hydrogens (tertiary/aromatic N) is 5. The average molecular weight is 392 g/mol. The van der Waals surface area contributed by atoms with Crippen molar-refractivity contribution in [1.82, 2.24) is 30.3 Å². The third kappa shape index (κ3) is 5.91. The van der Waals surface area contributed by atoms with E-state index < -0.39 is 0 Å². The highest BCUT2D eigenvalue weighted by atomic mass is 16.5. The zero-order valence-electron chi connectivity index (χ0n) is 17.9. The number of hydrogen-bond donors (Lipinski definition) is 2. The number of ether oxygens (including phenoxy) is 1. The van der Waals surface area contributed by atoms with E-state index in [1.54, 1.807) is 7.11 Å². The Labute approximate surface area is 169 Å². The van der Waals surface area contributed by atoms with Gasteiger partial charge in [0, 0.05) is 46.3 Å². The smallest absolute Gasteiger partial charge is 0.191 e. The van der Waals surface area contributed by atoms with Crippen molar-refractivity contribution in [1.29, 1.82) is 0 Å². The molecule has 28 heavy (non-hydrogen) atoms. The number of fused-ring (bicyclic) bond motifs is 1. The summed E-state index contributed by atoms with van der Waals surface area (Å²) in [6, 6.07) is 0.319. The Kier molecular flexibility index (Phi) is 7.67. The number of likely N-dealkylation sites (tertiary alicyclic amines) is 1. The van der Waals surface area contributed by atoms with Crippen LogP contribution >= 0.6 is 0 Å². The largest absolute Gasteiger partial charge is 0.377 e. The van der Waals surface area contributed by atoms with Crippen LogP contribution in [0, 0.1) is 11.8 Å². The molecule has 0 spiro atoms. The summed E-state index contributed by atoms with van der Waals surface area (Å²) in [5, 5.41) is 11.6. The number of aliphatic imine (C=N–C) groups is 1. The van der Waals surface area contributed by atoms with Gasteiger partial charge in [-0.05, 0) is 37.6 Å². The third-order valence-electron chi connectivity index (χ3n) is 5.63. The first-order chi connectivity index (χ1) is 13.6. The van der Waals surface area contributed by atoms with Gasteiger partial charge >= 0.3 is 0 Å². The van der Waals surface area contributed by atoms with Crippen LogP contribution in [-0.4, -0.2) is 72.0 Å². The summed E-state index contributed by atoms with van der Waals surface area (Å²) >= 11 is 0. The van der Waals surface area contributed by atoms with Crippen molar-refractivity contribution >= 4 is 5.96 Å². The molecular weight excluding hydrogens is 354 g/mol. The number of aryl methyl sites for hydroxylation is 1. The fourth-order valence-corrected chi connectivity index (χ4v) is 4.54. The van der Waals surface area contributed by atoms with Gasteiger partial charge in [0.05, 0.1) is 6.54 Å². The van der Waals surface area contributed by atoms with Crippen LogP contribution in [-0.2, 0) is 24.3 Å². The molecule has 1 saturated heterocycles. The minimum Gasteiger partial charge on any atom is -0.377 e. The summed E-state index contributed by atoms with van der Waals surface area (Å²) in [6.07, 6.45) is 4.47. The molecule has 1 aromatic heterocycles. The van der Waals surface area contributed by atoms with Crippen molar-refractivity contribution in [3.8, 4) is 0 Å². The molecular formula is C20H37N7O. The lowest BCUT2D eigenvalue weighted by Gasteiger charge is -2.35. The maximum absolute atomic E-state index is 5.14. The first-order valence-corrected chi connectivity index (χ1v) is 10.7. The average Bonchev–Trinajstić information content (AvgIpc) is 3.05. The van der Waals surface area contributed by atoms with E-state index in [9.17, 15) is 0 Å². The molecule has 1 fully saturated rings. The zero-order chi connectivity index (χ0) is 19.9. The standard InChI is InChI=1S/C20H37N7O/c1-15-10-16(2)12-26(11-15)9-5-8-22-20(21-3)23-17-6-7-19-24-18(14-28-4)25-27(19)13-17/h15-17H,5-14H2,1-4H3,(H2,21,22,23). The van der Waals surface area contributed by atoms with Crippen molar-refractivity contribution in [2.45, 2.75) is 58.7 Å². The Bertz CT molecular complexity index is 634. The molecule has 158 valence electrons. The first kappa shape index (κ1) is 21.0. The Balaban J connectivity index is 1.39. The summed E-state index contributed by atoms with van der Waals surface area (Å²) in [7, 11) is 3.51. The second kappa shape index (κ2) is 10.2. The second-order valence-corrected chi connectivity index (χ2v) is 8.50. The van der Waals surface area contributed by atoms with Gasteiger partial charge in [0.2, 0.25) is 0 Å². The van der Waals surface area contributed by atoms with Gasteiger partial charge in [0.15, 0.2) is 11.8 Å². The molecule has 0 amide bonds. The van der Waals surface area contributed by atoms with E-state index in [1.165, 1.54) is 19.5 Å². The summed E-state index contributed by atoms with van der Waals surface area (Å²) in [4.78, 5) is 11.5. The van der Waals surface area contributed by atoms with Crippen molar-refractivity contribution < 1.29 is 4.74 Å². The van der Waals surface area contributed by atoms with Gasteiger partial charge in [-0.2, -0.15) is 5.10 Å². The van der Waals surface area contributed by atoms with Gasteiger partial charge in [0.1, 0.15) is 12.4 Å². The fraction of sp³-hybridized carbons (Fsp3) is 0.850. The van der Waals surface area contributed by atoms with Crippen LogP contribution in [0.25, 0.3) is 0 Å². The molecule has 8 nitrogen and oxygen atoms in total. The van der Waals surface area contributed by atoms with E-state index in [4.69, 9.17) is 4.74 Å². The molecule has 0 aliphatic carbocycles. The van der Waals surface area contributed by atoms with E-state index in [1.807, 2.05) is 11.7 Å². The number of methoxy groups -OCH3 is 1.